The van der Waals surface area contributed by atoms with Gasteiger partial charge in [-0.3, -0.25) is 0 Å². The molecule has 66 valence electrons. The molecule has 0 spiro atoms. The van der Waals surface area contributed by atoms with Gasteiger partial charge in [-0.25, -0.2) is 4.98 Å². The molecule has 0 aliphatic rings. The first-order valence-corrected chi connectivity index (χ1v) is 4.01. The Morgan fingerprint density at radius 1 is 1.23 bits per heavy atom. The Bertz CT molecular complexity index is 371. The van der Waals surface area contributed by atoms with E-state index >= 15 is 0 Å². The molecule has 0 atom stereocenters. The molecule has 0 saturated carbocycles. The van der Waals surface area contributed by atoms with Gasteiger partial charge in [-0.2, -0.15) is 0 Å². The summed E-state index contributed by atoms with van der Waals surface area (Å²) < 4.78 is 0. The highest BCUT2D eigenvalue weighted by Crippen LogP contribution is 2.15. The second-order valence-corrected chi connectivity index (χ2v) is 2.78. The standard InChI is InChI=1S/C8H6ClN3O/c9-7-1-3-8(4-2-7)13-12-6-10-5-11-12/h1-6H. The summed E-state index contributed by atoms with van der Waals surface area (Å²) in [5, 5.41) is 4.46. The van der Waals surface area contributed by atoms with Gasteiger partial charge in [0, 0.05) is 5.02 Å². The van der Waals surface area contributed by atoms with Crippen LogP contribution < -0.4 is 4.84 Å². The molecular weight excluding hydrogens is 190 g/mol. The Hall–Kier alpha value is -1.55. The van der Waals surface area contributed by atoms with E-state index in [-0.39, 0.29) is 0 Å². The van der Waals surface area contributed by atoms with Crippen LogP contribution in [0.1, 0.15) is 0 Å². The van der Waals surface area contributed by atoms with E-state index in [9.17, 15) is 0 Å². The third-order valence-corrected chi connectivity index (χ3v) is 1.66. The lowest BCUT2D eigenvalue weighted by molar-refractivity contribution is 0.178. The smallest absolute Gasteiger partial charge is 0.158 e. The van der Waals surface area contributed by atoms with Crippen molar-refractivity contribution in [1.82, 2.24) is 14.9 Å². The molecule has 1 aromatic carbocycles. The molecule has 0 bridgehead atoms. The highest BCUT2D eigenvalue weighted by Gasteiger charge is 1.95. The molecule has 1 heterocycles. The van der Waals surface area contributed by atoms with Crippen molar-refractivity contribution >= 4 is 11.6 Å². The van der Waals surface area contributed by atoms with Gasteiger partial charge in [-0.15, -0.1) is 5.10 Å². The Labute approximate surface area is 79.7 Å². The average molecular weight is 196 g/mol. The van der Waals surface area contributed by atoms with Crippen LogP contribution in [0.4, 0.5) is 0 Å². The Balaban J connectivity index is 2.15. The number of hydrogen-bond acceptors (Lipinski definition) is 3. The Morgan fingerprint density at radius 2 is 2.00 bits per heavy atom. The minimum absolute atomic E-state index is 0.662. The van der Waals surface area contributed by atoms with Crippen molar-refractivity contribution in [1.29, 1.82) is 0 Å². The molecule has 0 amide bonds. The molecule has 1 aromatic heterocycles. The number of benzene rings is 1. The van der Waals surface area contributed by atoms with Crippen molar-refractivity contribution in [2.45, 2.75) is 0 Å². The van der Waals surface area contributed by atoms with Crippen LogP contribution in [0, 0.1) is 0 Å². The summed E-state index contributed by atoms with van der Waals surface area (Å²) in [5.74, 6) is 0.662. The number of aromatic nitrogens is 3. The summed E-state index contributed by atoms with van der Waals surface area (Å²) in [6.45, 7) is 0. The lowest BCUT2D eigenvalue weighted by atomic mass is 10.3. The van der Waals surface area contributed by atoms with Crippen LogP contribution in [0.25, 0.3) is 0 Å². The maximum Gasteiger partial charge on any atom is 0.158 e. The number of hydrogen-bond donors (Lipinski definition) is 0. The zero-order valence-corrected chi connectivity index (χ0v) is 7.35. The first-order valence-electron chi connectivity index (χ1n) is 3.63. The van der Waals surface area contributed by atoms with Gasteiger partial charge in [0.2, 0.25) is 0 Å². The predicted octanol–water partition coefficient (Wildman–Crippen LogP) is 1.77. The average Bonchev–Trinajstić information content (AvgIpc) is 2.62. The van der Waals surface area contributed by atoms with Crippen LogP contribution in [0.2, 0.25) is 5.02 Å². The lowest BCUT2D eigenvalue weighted by Gasteiger charge is -2.02. The van der Waals surface area contributed by atoms with E-state index in [0.29, 0.717) is 10.8 Å². The molecule has 13 heavy (non-hydrogen) atoms. The van der Waals surface area contributed by atoms with E-state index in [0.717, 1.165) is 0 Å². The van der Waals surface area contributed by atoms with Crippen LogP contribution in [0.15, 0.2) is 36.9 Å². The molecule has 2 rings (SSSR count). The van der Waals surface area contributed by atoms with Crippen LogP contribution in [0.5, 0.6) is 5.75 Å². The summed E-state index contributed by atoms with van der Waals surface area (Å²) in [6.07, 6.45) is 2.87. The molecule has 0 aliphatic carbocycles. The quantitative estimate of drug-likeness (QED) is 0.733. The molecule has 0 N–H and O–H groups in total. The second kappa shape index (κ2) is 3.45. The SMILES string of the molecule is Clc1ccc(On2cncn2)cc1. The van der Waals surface area contributed by atoms with E-state index in [1.54, 1.807) is 24.3 Å². The molecule has 0 unspecified atom stereocenters. The molecular formula is C8H6ClN3O. The van der Waals surface area contributed by atoms with E-state index in [1.165, 1.54) is 17.5 Å². The van der Waals surface area contributed by atoms with Gasteiger partial charge in [0.15, 0.2) is 12.1 Å². The fraction of sp³-hybridized carbons (Fsp3) is 0. The molecule has 2 aromatic rings. The fourth-order valence-corrected chi connectivity index (χ4v) is 0.974. The van der Waals surface area contributed by atoms with E-state index in [2.05, 4.69) is 10.1 Å². The molecule has 0 fully saturated rings. The van der Waals surface area contributed by atoms with E-state index in [4.69, 9.17) is 16.4 Å². The minimum Gasteiger partial charge on any atom is -0.357 e. The molecule has 4 nitrogen and oxygen atoms in total. The summed E-state index contributed by atoms with van der Waals surface area (Å²) >= 11 is 5.70. The van der Waals surface area contributed by atoms with Gasteiger partial charge >= 0.3 is 0 Å². The van der Waals surface area contributed by atoms with Crippen molar-refractivity contribution in [2.24, 2.45) is 0 Å². The van der Waals surface area contributed by atoms with Gasteiger partial charge in [-0.05, 0) is 24.3 Å². The van der Waals surface area contributed by atoms with Crippen molar-refractivity contribution in [3.8, 4) is 5.75 Å². The van der Waals surface area contributed by atoms with Crippen molar-refractivity contribution in [2.75, 3.05) is 0 Å². The maximum atomic E-state index is 5.70. The number of rotatable bonds is 2. The van der Waals surface area contributed by atoms with Gasteiger partial charge in [0.05, 0.1) is 0 Å². The first kappa shape index (κ1) is 8.07. The van der Waals surface area contributed by atoms with Gasteiger partial charge in [-0.1, -0.05) is 16.4 Å². The molecule has 0 saturated heterocycles. The maximum absolute atomic E-state index is 5.70. The monoisotopic (exact) mass is 195 g/mol. The van der Waals surface area contributed by atoms with Crippen molar-refractivity contribution in [3.63, 3.8) is 0 Å². The van der Waals surface area contributed by atoms with E-state index in [1.807, 2.05) is 0 Å². The zero-order valence-electron chi connectivity index (χ0n) is 6.59. The third-order valence-electron chi connectivity index (χ3n) is 1.41. The topological polar surface area (TPSA) is 39.9 Å². The lowest BCUT2D eigenvalue weighted by Crippen LogP contribution is -2.04. The molecule has 0 radical (unpaired) electrons. The summed E-state index contributed by atoms with van der Waals surface area (Å²) in [6, 6.07) is 7.00. The summed E-state index contributed by atoms with van der Waals surface area (Å²) in [5.41, 5.74) is 0. The normalized spacial score (nSPS) is 9.92. The second-order valence-electron chi connectivity index (χ2n) is 2.34. The number of nitrogens with zero attached hydrogens (tertiary/aromatic N) is 3. The highest BCUT2D eigenvalue weighted by molar-refractivity contribution is 6.30. The minimum atomic E-state index is 0.662. The van der Waals surface area contributed by atoms with Gasteiger partial charge in [0.1, 0.15) is 6.33 Å². The fourth-order valence-electron chi connectivity index (χ4n) is 0.848. The Morgan fingerprint density at radius 3 is 2.62 bits per heavy atom. The summed E-state index contributed by atoms with van der Waals surface area (Å²) in [7, 11) is 0. The van der Waals surface area contributed by atoms with Crippen LogP contribution in [-0.4, -0.2) is 14.9 Å². The van der Waals surface area contributed by atoms with Crippen molar-refractivity contribution < 1.29 is 4.84 Å². The largest absolute Gasteiger partial charge is 0.357 e. The van der Waals surface area contributed by atoms with Crippen LogP contribution in [-0.2, 0) is 0 Å². The van der Waals surface area contributed by atoms with Gasteiger partial charge < -0.3 is 4.84 Å². The Kier molecular flexibility index (Phi) is 2.14. The number of halogens is 1. The third kappa shape index (κ3) is 1.97. The predicted molar refractivity (Wildman–Crippen MR) is 47.5 cm³/mol. The van der Waals surface area contributed by atoms with Crippen LogP contribution in [0.3, 0.4) is 0 Å². The first-order chi connectivity index (χ1) is 6.34. The van der Waals surface area contributed by atoms with Crippen molar-refractivity contribution in [3.05, 3.63) is 41.9 Å². The van der Waals surface area contributed by atoms with Crippen LogP contribution >= 0.6 is 11.6 Å². The van der Waals surface area contributed by atoms with E-state index < -0.39 is 0 Å². The molecule has 5 heteroatoms. The molecule has 0 aliphatic heterocycles. The van der Waals surface area contributed by atoms with Gasteiger partial charge in [0.25, 0.3) is 0 Å². The highest BCUT2D eigenvalue weighted by atomic mass is 35.5. The summed E-state index contributed by atoms with van der Waals surface area (Å²) in [4.78, 5) is 10.3. The zero-order chi connectivity index (χ0) is 9.10.